The van der Waals surface area contributed by atoms with Gasteiger partial charge >= 0.3 is 5.97 Å². The van der Waals surface area contributed by atoms with Crippen LogP contribution in [-0.4, -0.2) is 42.6 Å². The van der Waals surface area contributed by atoms with Crippen LogP contribution in [0.1, 0.15) is 63.9 Å². The molecule has 0 aromatic heterocycles. The van der Waals surface area contributed by atoms with Crippen LogP contribution in [-0.2, 0) is 25.6 Å². The third-order valence-electron chi connectivity index (χ3n) is 4.86. The number of benzene rings is 1. The van der Waals surface area contributed by atoms with Crippen LogP contribution in [0, 0.1) is 0 Å². The van der Waals surface area contributed by atoms with Crippen LogP contribution in [0.25, 0.3) is 0 Å². The van der Waals surface area contributed by atoms with E-state index in [-0.39, 0.29) is 24.6 Å². The van der Waals surface area contributed by atoms with Gasteiger partial charge in [0.1, 0.15) is 0 Å². The van der Waals surface area contributed by atoms with E-state index in [4.69, 9.17) is 14.2 Å². The normalized spacial score (nSPS) is 21.0. The Bertz CT molecular complexity index is 519. The van der Waals surface area contributed by atoms with Crippen LogP contribution in [0.2, 0.25) is 0 Å². The summed E-state index contributed by atoms with van der Waals surface area (Å²) in [6, 6.07) is 10.2. The van der Waals surface area contributed by atoms with Crippen LogP contribution >= 0.6 is 0 Å². The van der Waals surface area contributed by atoms with E-state index in [1.165, 1.54) is 5.56 Å². The molecule has 1 aromatic carbocycles. The highest BCUT2D eigenvalue weighted by Crippen LogP contribution is 2.26. The van der Waals surface area contributed by atoms with Gasteiger partial charge in [0.15, 0.2) is 0 Å². The molecule has 0 bridgehead atoms. The summed E-state index contributed by atoms with van der Waals surface area (Å²) in [5, 5.41) is 10.1. The van der Waals surface area contributed by atoms with Crippen LogP contribution in [0.3, 0.4) is 0 Å². The molecule has 0 aliphatic carbocycles. The number of esters is 1. The first kappa shape index (κ1) is 21.9. The van der Waals surface area contributed by atoms with Crippen LogP contribution in [0.4, 0.5) is 0 Å². The highest BCUT2D eigenvalue weighted by molar-refractivity contribution is 5.69. The summed E-state index contributed by atoms with van der Waals surface area (Å²) in [5.41, 5.74) is 1.21. The third kappa shape index (κ3) is 9.36. The zero-order chi connectivity index (χ0) is 19.3. The lowest BCUT2D eigenvalue weighted by Gasteiger charge is -2.31. The molecule has 3 atom stereocenters. The molecule has 0 amide bonds. The molecule has 1 saturated heterocycles. The minimum atomic E-state index is -0.681. The number of unbranched alkanes of at least 4 members (excludes halogenated alkanes) is 1. The van der Waals surface area contributed by atoms with E-state index in [1.807, 2.05) is 18.2 Å². The van der Waals surface area contributed by atoms with Gasteiger partial charge in [0.05, 0.1) is 37.9 Å². The number of hydrogen-bond donors (Lipinski definition) is 1. The van der Waals surface area contributed by atoms with Crippen LogP contribution < -0.4 is 0 Å². The molecule has 2 rings (SSSR count). The Labute approximate surface area is 163 Å². The standard InChI is InChI=1S/C22H34O5/c1-2-26-22(24)16-19(23)15-21-13-8-12-20(27-21)11-6-7-14-25-17-18-9-4-3-5-10-18/h3-5,9-10,19-21,23H,2,6-8,11-17H2,1H3/t19-,20-,21-/m1/s1. The molecule has 152 valence electrons. The number of ether oxygens (including phenoxy) is 3. The number of hydrogen-bond acceptors (Lipinski definition) is 5. The van der Waals surface area contributed by atoms with E-state index in [1.54, 1.807) is 6.92 Å². The number of aliphatic hydroxyl groups is 1. The fraction of sp³-hybridized carbons (Fsp3) is 0.682. The molecule has 1 heterocycles. The Morgan fingerprint density at radius 1 is 1.22 bits per heavy atom. The van der Waals surface area contributed by atoms with E-state index < -0.39 is 6.10 Å². The number of rotatable bonds is 12. The maximum Gasteiger partial charge on any atom is 0.308 e. The quantitative estimate of drug-likeness (QED) is 0.440. The van der Waals surface area contributed by atoms with Crippen LogP contribution in [0.15, 0.2) is 30.3 Å². The van der Waals surface area contributed by atoms with Gasteiger partial charge < -0.3 is 19.3 Å². The summed E-state index contributed by atoms with van der Waals surface area (Å²) < 4.78 is 16.7. The van der Waals surface area contributed by atoms with Gasteiger partial charge in [-0.15, -0.1) is 0 Å². The van der Waals surface area contributed by atoms with Crippen molar-refractivity contribution in [3.63, 3.8) is 0 Å². The highest BCUT2D eigenvalue weighted by atomic mass is 16.5. The average Bonchev–Trinajstić information content (AvgIpc) is 2.65. The van der Waals surface area contributed by atoms with Gasteiger partial charge in [0.25, 0.3) is 0 Å². The first-order valence-corrected chi connectivity index (χ1v) is 10.3. The summed E-state index contributed by atoms with van der Waals surface area (Å²) in [7, 11) is 0. The molecule has 27 heavy (non-hydrogen) atoms. The Kier molecular flexibility index (Phi) is 10.4. The molecule has 0 saturated carbocycles. The predicted molar refractivity (Wildman–Crippen MR) is 104 cm³/mol. The van der Waals surface area contributed by atoms with E-state index in [0.717, 1.165) is 45.1 Å². The van der Waals surface area contributed by atoms with Crippen molar-refractivity contribution in [1.29, 1.82) is 0 Å². The van der Waals surface area contributed by atoms with Gasteiger partial charge in [-0.1, -0.05) is 30.3 Å². The minimum Gasteiger partial charge on any atom is -0.466 e. The maximum atomic E-state index is 11.4. The van der Waals surface area contributed by atoms with Crippen molar-refractivity contribution >= 4 is 5.97 Å². The molecule has 1 N–H and O–H groups in total. The molecule has 1 aromatic rings. The first-order valence-electron chi connectivity index (χ1n) is 10.3. The Balaban J connectivity index is 1.54. The summed E-state index contributed by atoms with van der Waals surface area (Å²) in [6.45, 7) is 3.55. The van der Waals surface area contributed by atoms with Gasteiger partial charge in [-0.2, -0.15) is 0 Å². The molecule has 0 unspecified atom stereocenters. The Morgan fingerprint density at radius 2 is 2.00 bits per heavy atom. The average molecular weight is 379 g/mol. The Morgan fingerprint density at radius 3 is 2.78 bits per heavy atom. The summed E-state index contributed by atoms with van der Waals surface area (Å²) >= 11 is 0. The van der Waals surface area contributed by atoms with Crippen LogP contribution in [0.5, 0.6) is 0 Å². The van der Waals surface area contributed by atoms with E-state index in [0.29, 0.717) is 19.6 Å². The van der Waals surface area contributed by atoms with Gasteiger partial charge in [0, 0.05) is 13.0 Å². The van der Waals surface area contributed by atoms with E-state index in [2.05, 4.69) is 12.1 Å². The van der Waals surface area contributed by atoms with Gasteiger partial charge in [-0.05, 0) is 51.0 Å². The van der Waals surface area contributed by atoms with Gasteiger partial charge in [0.2, 0.25) is 0 Å². The summed E-state index contributed by atoms with van der Waals surface area (Å²) in [4.78, 5) is 11.4. The van der Waals surface area contributed by atoms with Crippen molar-refractivity contribution in [2.75, 3.05) is 13.2 Å². The number of carbonyl (C=O) groups is 1. The SMILES string of the molecule is CCOC(=O)C[C@H](O)C[C@H]1CCC[C@@H](CCCCOCc2ccccc2)O1. The third-order valence-corrected chi connectivity index (χ3v) is 4.86. The maximum absolute atomic E-state index is 11.4. The summed E-state index contributed by atoms with van der Waals surface area (Å²) in [5.74, 6) is -0.340. The molecule has 5 nitrogen and oxygen atoms in total. The smallest absolute Gasteiger partial charge is 0.308 e. The van der Waals surface area contributed by atoms with Crippen molar-refractivity contribution in [2.24, 2.45) is 0 Å². The monoisotopic (exact) mass is 378 g/mol. The molecular formula is C22H34O5. The highest BCUT2D eigenvalue weighted by Gasteiger charge is 2.25. The van der Waals surface area contributed by atoms with E-state index >= 15 is 0 Å². The zero-order valence-corrected chi connectivity index (χ0v) is 16.5. The molecule has 1 aliphatic heterocycles. The second-order valence-electron chi connectivity index (χ2n) is 7.24. The zero-order valence-electron chi connectivity index (χ0n) is 16.5. The molecule has 1 fully saturated rings. The Hall–Kier alpha value is -1.43. The van der Waals surface area contributed by atoms with Gasteiger partial charge in [-0.25, -0.2) is 0 Å². The first-order chi connectivity index (χ1) is 13.2. The van der Waals surface area contributed by atoms with E-state index in [9.17, 15) is 9.90 Å². The van der Waals surface area contributed by atoms with Crippen molar-refractivity contribution in [3.8, 4) is 0 Å². The van der Waals surface area contributed by atoms with Crippen molar-refractivity contribution < 1.29 is 24.1 Å². The predicted octanol–water partition coefficient (Wildman–Crippen LogP) is 4.02. The second kappa shape index (κ2) is 12.9. The van der Waals surface area contributed by atoms with Crippen molar-refractivity contribution in [3.05, 3.63) is 35.9 Å². The summed E-state index contributed by atoms with van der Waals surface area (Å²) in [6.07, 6.45) is 6.47. The second-order valence-corrected chi connectivity index (χ2v) is 7.24. The fourth-order valence-corrected chi connectivity index (χ4v) is 3.51. The number of aliphatic hydroxyl groups excluding tert-OH is 1. The van der Waals surface area contributed by atoms with Crippen molar-refractivity contribution in [2.45, 2.75) is 83.2 Å². The fourth-order valence-electron chi connectivity index (χ4n) is 3.51. The molecule has 1 aliphatic rings. The molecule has 5 heteroatoms. The lowest BCUT2D eigenvalue weighted by Crippen LogP contribution is -2.31. The van der Waals surface area contributed by atoms with Crippen molar-refractivity contribution in [1.82, 2.24) is 0 Å². The topological polar surface area (TPSA) is 65.0 Å². The van der Waals surface area contributed by atoms with Gasteiger partial charge in [-0.3, -0.25) is 4.79 Å². The number of carbonyl (C=O) groups excluding carboxylic acids is 1. The largest absolute Gasteiger partial charge is 0.466 e. The lowest BCUT2D eigenvalue weighted by molar-refractivity contribution is -0.146. The molecule has 0 radical (unpaired) electrons. The lowest BCUT2D eigenvalue weighted by atomic mass is 9.96. The molecule has 0 spiro atoms. The molecular weight excluding hydrogens is 344 g/mol. The minimum absolute atomic E-state index is 0.0440.